The fraction of sp³-hybridized carbons (Fsp3) is 0.385. The maximum Gasteiger partial charge on any atom is 0.223 e. The Balaban J connectivity index is 1.55. The number of hydrogen-bond donors (Lipinski definition) is 3. The maximum absolute atomic E-state index is 13.2. The number of halogens is 2. The first-order valence-electron chi connectivity index (χ1n) is 11.5. The van der Waals surface area contributed by atoms with Crippen molar-refractivity contribution < 1.29 is 9.90 Å². The molecule has 0 radical (unpaired) electrons. The summed E-state index contributed by atoms with van der Waals surface area (Å²) >= 11 is 12.4. The lowest BCUT2D eigenvalue weighted by molar-refractivity contribution is -0.127. The van der Waals surface area contributed by atoms with Crippen molar-refractivity contribution in [2.24, 2.45) is 11.8 Å². The molecule has 0 unspecified atom stereocenters. The Morgan fingerprint density at radius 2 is 1.88 bits per heavy atom. The molecule has 1 fully saturated rings. The van der Waals surface area contributed by atoms with E-state index in [0.717, 1.165) is 48.4 Å². The molecule has 174 valence electrons. The highest BCUT2D eigenvalue weighted by Gasteiger charge is 2.28. The normalized spacial score (nSPS) is 19.2. The summed E-state index contributed by atoms with van der Waals surface area (Å²) in [7, 11) is 0. The van der Waals surface area contributed by atoms with E-state index >= 15 is 0 Å². The van der Waals surface area contributed by atoms with Crippen LogP contribution in [0, 0.1) is 11.8 Å². The summed E-state index contributed by atoms with van der Waals surface area (Å²) in [5, 5.41) is 14.0. The van der Waals surface area contributed by atoms with Gasteiger partial charge in [-0.3, -0.25) is 4.79 Å². The molecule has 33 heavy (non-hydrogen) atoms. The molecule has 1 amide bonds. The molecule has 1 atom stereocenters. The van der Waals surface area contributed by atoms with E-state index in [4.69, 9.17) is 23.2 Å². The summed E-state index contributed by atoms with van der Waals surface area (Å²) in [6, 6.07) is 12.0. The second-order valence-corrected chi connectivity index (χ2v) is 9.71. The molecule has 1 aliphatic carbocycles. The molecular weight excluding hydrogens is 457 g/mol. The minimum Gasteiger partial charge on any atom is -0.508 e. The molecule has 4 rings (SSSR count). The van der Waals surface area contributed by atoms with Crippen molar-refractivity contribution in [3.63, 3.8) is 0 Å². The highest BCUT2D eigenvalue weighted by Crippen LogP contribution is 2.33. The van der Waals surface area contributed by atoms with Crippen LogP contribution < -0.4 is 5.32 Å². The molecule has 7 heteroatoms. The number of aromatic nitrogens is 2. The summed E-state index contributed by atoms with van der Waals surface area (Å²) in [6.45, 7) is 2.22. The van der Waals surface area contributed by atoms with Crippen molar-refractivity contribution in [1.29, 1.82) is 0 Å². The number of phenols is 1. The molecule has 0 spiro atoms. The zero-order chi connectivity index (χ0) is 23.4. The molecule has 5 nitrogen and oxygen atoms in total. The molecular formula is C26H29Cl2N3O2. The van der Waals surface area contributed by atoms with E-state index in [1.54, 1.807) is 30.5 Å². The fourth-order valence-corrected chi connectivity index (χ4v) is 5.08. The largest absolute Gasteiger partial charge is 0.508 e. The van der Waals surface area contributed by atoms with Gasteiger partial charge >= 0.3 is 0 Å². The van der Waals surface area contributed by atoms with Crippen molar-refractivity contribution >= 4 is 29.1 Å². The standard InChI is InChI=1S/C26H29Cl2N3O2/c1-2-16-3-7-18(8-4-16)26(33)31-23(13-17-5-10-20(32)11-6-17)25-29-15-24(30-25)21-12-9-19(27)14-22(21)28/h5-6,9-12,14-16,18,23,32H,2-4,7-8,13H2,1H3,(H,29,30)(H,31,33)/t16?,18?,23-/m0/s1. The first kappa shape index (κ1) is 23.7. The van der Waals surface area contributed by atoms with Gasteiger partial charge in [0, 0.05) is 16.5 Å². The number of nitrogens with zero attached hydrogens (tertiary/aromatic N) is 1. The van der Waals surface area contributed by atoms with Crippen LogP contribution in [0.15, 0.2) is 48.7 Å². The van der Waals surface area contributed by atoms with Crippen molar-refractivity contribution in [2.45, 2.75) is 51.5 Å². The molecule has 1 aliphatic rings. The van der Waals surface area contributed by atoms with Gasteiger partial charge in [-0.15, -0.1) is 0 Å². The highest BCUT2D eigenvalue weighted by atomic mass is 35.5. The van der Waals surface area contributed by atoms with Crippen molar-refractivity contribution in [2.75, 3.05) is 0 Å². The molecule has 3 aromatic rings. The van der Waals surface area contributed by atoms with Gasteiger partial charge < -0.3 is 15.4 Å². The summed E-state index contributed by atoms with van der Waals surface area (Å²) in [6.07, 6.45) is 7.54. The van der Waals surface area contributed by atoms with Gasteiger partial charge in [0.1, 0.15) is 11.6 Å². The Kier molecular flexibility index (Phi) is 7.61. The van der Waals surface area contributed by atoms with Gasteiger partial charge in [-0.05, 0) is 73.9 Å². The third-order valence-corrected chi connectivity index (χ3v) is 7.18. The Morgan fingerprint density at radius 3 is 2.55 bits per heavy atom. The Hall–Kier alpha value is -2.50. The number of phenolic OH excluding ortho intramolecular Hbond substituents is 1. The molecule has 1 heterocycles. The highest BCUT2D eigenvalue weighted by molar-refractivity contribution is 6.36. The number of aromatic amines is 1. The minimum absolute atomic E-state index is 0.0373. The molecule has 1 aromatic heterocycles. The van der Waals surface area contributed by atoms with Gasteiger partial charge in [-0.1, -0.05) is 48.7 Å². The molecule has 0 aliphatic heterocycles. The lowest BCUT2D eigenvalue weighted by Crippen LogP contribution is -2.37. The van der Waals surface area contributed by atoms with E-state index in [-0.39, 0.29) is 23.6 Å². The lowest BCUT2D eigenvalue weighted by atomic mass is 9.80. The van der Waals surface area contributed by atoms with E-state index in [1.165, 1.54) is 6.42 Å². The number of hydrogen-bond acceptors (Lipinski definition) is 3. The lowest BCUT2D eigenvalue weighted by Gasteiger charge is -2.28. The van der Waals surface area contributed by atoms with Crippen LogP contribution in [0.25, 0.3) is 11.3 Å². The number of carbonyl (C=O) groups is 1. The number of aromatic hydroxyl groups is 1. The summed E-state index contributed by atoms with van der Waals surface area (Å²) < 4.78 is 0. The minimum atomic E-state index is -0.328. The van der Waals surface area contributed by atoms with E-state index in [1.807, 2.05) is 18.2 Å². The summed E-state index contributed by atoms with van der Waals surface area (Å²) in [5.74, 6) is 1.73. The predicted molar refractivity (Wildman–Crippen MR) is 132 cm³/mol. The van der Waals surface area contributed by atoms with Crippen molar-refractivity contribution in [3.8, 4) is 17.0 Å². The smallest absolute Gasteiger partial charge is 0.223 e. The number of amides is 1. The van der Waals surface area contributed by atoms with E-state index in [0.29, 0.717) is 22.3 Å². The number of rotatable bonds is 7. The maximum atomic E-state index is 13.2. The fourth-order valence-electron chi connectivity index (χ4n) is 4.56. The summed E-state index contributed by atoms with van der Waals surface area (Å²) in [5.41, 5.74) is 2.56. The molecule has 2 aromatic carbocycles. The predicted octanol–water partition coefficient (Wildman–Crippen LogP) is 6.71. The number of imidazole rings is 1. The van der Waals surface area contributed by atoms with E-state index in [2.05, 4.69) is 22.2 Å². The molecule has 1 saturated carbocycles. The van der Waals surface area contributed by atoms with Gasteiger partial charge in [0.2, 0.25) is 5.91 Å². The number of nitrogens with one attached hydrogen (secondary N) is 2. The van der Waals surface area contributed by atoms with Gasteiger partial charge in [0.15, 0.2) is 0 Å². The average molecular weight is 486 g/mol. The third kappa shape index (κ3) is 5.90. The monoisotopic (exact) mass is 485 g/mol. The second-order valence-electron chi connectivity index (χ2n) is 8.86. The Morgan fingerprint density at radius 1 is 1.15 bits per heavy atom. The van der Waals surface area contributed by atoms with Crippen molar-refractivity contribution in [1.82, 2.24) is 15.3 Å². The summed E-state index contributed by atoms with van der Waals surface area (Å²) in [4.78, 5) is 21.1. The third-order valence-electron chi connectivity index (χ3n) is 6.63. The number of benzene rings is 2. The van der Waals surface area contributed by atoms with Gasteiger partial charge in [0.25, 0.3) is 0 Å². The Labute approximate surface area is 204 Å². The number of H-pyrrole nitrogens is 1. The Bertz CT molecular complexity index is 1090. The van der Waals surface area contributed by atoms with Crippen LogP contribution in [-0.2, 0) is 11.2 Å². The van der Waals surface area contributed by atoms with Gasteiger partial charge in [-0.2, -0.15) is 0 Å². The van der Waals surface area contributed by atoms with Crippen molar-refractivity contribution in [3.05, 3.63) is 70.1 Å². The first-order chi connectivity index (χ1) is 15.9. The second kappa shape index (κ2) is 10.6. The van der Waals surface area contributed by atoms with Crippen LogP contribution in [0.5, 0.6) is 5.75 Å². The molecule has 3 N–H and O–H groups in total. The zero-order valence-electron chi connectivity index (χ0n) is 18.7. The zero-order valence-corrected chi connectivity index (χ0v) is 20.2. The van der Waals surface area contributed by atoms with E-state index < -0.39 is 0 Å². The quantitative estimate of drug-likeness (QED) is 0.348. The molecule has 0 bridgehead atoms. The van der Waals surface area contributed by atoms with Crippen LogP contribution in [-0.4, -0.2) is 21.0 Å². The average Bonchev–Trinajstić information content (AvgIpc) is 3.30. The van der Waals surface area contributed by atoms with Crippen LogP contribution in [0.4, 0.5) is 0 Å². The number of carbonyl (C=O) groups excluding carboxylic acids is 1. The van der Waals surface area contributed by atoms with E-state index in [9.17, 15) is 9.90 Å². The topological polar surface area (TPSA) is 78.0 Å². The van der Waals surface area contributed by atoms with Crippen LogP contribution in [0.2, 0.25) is 10.0 Å². The van der Waals surface area contributed by atoms with Crippen LogP contribution in [0.3, 0.4) is 0 Å². The SMILES string of the molecule is CCC1CCC(C(=O)N[C@@H](Cc2ccc(O)cc2)c2ncc(-c3ccc(Cl)cc3Cl)[nH]2)CC1. The molecule has 0 saturated heterocycles. The van der Waals surface area contributed by atoms with Gasteiger partial charge in [-0.25, -0.2) is 4.98 Å². The van der Waals surface area contributed by atoms with Crippen LogP contribution in [0.1, 0.15) is 56.5 Å². The van der Waals surface area contributed by atoms with Gasteiger partial charge in [0.05, 0.1) is 23.0 Å². The first-order valence-corrected chi connectivity index (χ1v) is 12.3. The van der Waals surface area contributed by atoms with Crippen LogP contribution >= 0.6 is 23.2 Å².